The largest absolute Gasteiger partial charge is 0.378 e. The second kappa shape index (κ2) is 5.98. The monoisotopic (exact) mass is 271 g/mol. The van der Waals surface area contributed by atoms with Crippen molar-refractivity contribution in [3.05, 3.63) is 42.1 Å². The number of fused-ring (bicyclic) bond motifs is 1. The van der Waals surface area contributed by atoms with Crippen molar-refractivity contribution in [2.75, 3.05) is 19.8 Å². The van der Waals surface area contributed by atoms with Crippen molar-refractivity contribution in [3.8, 4) is 0 Å². The quantitative estimate of drug-likeness (QED) is 0.868. The van der Waals surface area contributed by atoms with Crippen molar-refractivity contribution < 1.29 is 9.53 Å². The Morgan fingerprint density at radius 2 is 2.30 bits per heavy atom. The molecule has 20 heavy (non-hydrogen) atoms. The van der Waals surface area contributed by atoms with E-state index in [9.17, 15) is 4.79 Å². The molecule has 1 unspecified atom stereocenters. The summed E-state index contributed by atoms with van der Waals surface area (Å²) in [5.74, 6) is -0.0300. The van der Waals surface area contributed by atoms with Crippen LogP contribution in [0.3, 0.4) is 0 Å². The van der Waals surface area contributed by atoms with Crippen LogP contribution in [0.15, 0.2) is 36.5 Å². The summed E-state index contributed by atoms with van der Waals surface area (Å²) in [5.41, 5.74) is 1.95. The minimum atomic E-state index is -0.258. The molecule has 0 spiro atoms. The third-order valence-electron chi connectivity index (χ3n) is 3.41. The highest BCUT2D eigenvalue weighted by Crippen LogP contribution is 2.15. The highest BCUT2D eigenvalue weighted by atomic mass is 16.5. The Labute approximate surface area is 117 Å². The molecule has 2 aromatic rings. The van der Waals surface area contributed by atoms with Crippen molar-refractivity contribution >= 4 is 16.8 Å². The van der Waals surface area contributed by atoms with E-state index in [0.29, 0.717) is 26.3 Å². The number of pyridine rings is 1. The van der Waals surface area contributed by atoms with Gasteiger partial charge >= 0.3 is 0 Å². The smallest absolute Gasteiger partial charge is 0.239 e. The summed E-state index contributed by atoms with van der Waals surface area (Å²) in [6, 6.07) is 9.66. The Morgan fingerprint density at radius 1 is 1.40 bits per heavy atom. The van der Waals surface area contributed by atoms with Crippen LogP contribution in [0.1, 0.15) is 5.56 Å². The lowest BCUT2D eigenvalue weighted by atomic mass is 10.1. The third kappa shape index (κ3) is 2.79. The standard InChI is InChI=1S/C15H17N3O2/c19-15(13-10-20-8-7-16-13)18-9-12-4-1-3-11-5-2-6-17-14(11)12/h1-6,13,16H,7-10H2,(H,18,19). The highest BCUT2D eigenvalue weighted by Gasteiger charge is 2.20. The van der Waals surface area contributed by atoms with Gasteiger partial charge in [-0.15, -0.1) is 0 Å². The molecule has 5 heteroatoms. The zero-order valence-electron chi connectivity index (χ0n) is 11.1. The Hall–Kier alpha value is -1.98. The maximum absolute atomic E-state index is 12.0. The van der Waals surface area contributed by atoms with Crippen LogP contribution in [0.25, 0.3) is 10.9 Å². The second-order valence-electron chi connectivity index (χ2n) is 4.79. The molecule has 0 aliphatic carbocycles. The lowest BCUT2D eigenvalue weighted by Gasteiger charge is -2.23. The van der Waals surface area contributed by atoms with Crippen LogP contribution < -0.4 is 10.6 Å². The van der Waals surface area contributed by atoms with E-state index in [0.717, 1.165) is 16.5 Å². The fourth-order valence-corrected chi connectivity index (χ4v) is 2.35. The summed E-state index contributed by atoms with van der Waals surface area (Å²) in [5, 5.41) is 7.16. The molecule has 0 bridgehead atoms. The number of amides is 1. The van der Waals surface area contributed by atoms with Crippen LogP contribution >= 0.6 is 0 Å². The molecular weight excluding hydrogens is 254 g/mol. The van der Waals surface area contributed by atoms with E-state index in [2.05, 4.69) is 15.6 Å². The lowest BCUT2D eigenvalue weighted by Crippen LogP contribution is -2.51. The average Bonchev–Trinajstić information content (AvgIpc) is 2.53. The molecule has 2 heterocycles. The molecular formula is C15H17N3O2. The van der Waals surface area contributed by atoms with Gasteiger partial charge in [0.15, 0.2) is 0 Å². The van der Waals surface area contributed by atoms with Gasteiger partial charge < -0.3 is 15.4 Å². The average molecular weight is 271 g/mol. The van der Waals surface area contributed by atoms with Gasteiger partial charge in [0.1, 0.15) is 6.04 Å². The number of rotatable bonds is 3. The van der Waals surface area contributed by atoms with Crippen molar-refractivity contribution in [1.82, 2.24) is 15.6 Å². The van der Waals surface area contributed by atoms with Gasteiger partial charge in [-0.25, -0.2) is 0 Å². The summed E-state index contributed by atoms with van der Waals surface area (Å²) in [4.78, 5) is 16.4. The first-order valence-corrected chi connectivity index (χ1v) is 6.76. The first kappa shape index (κ1) is 13.0. The van der Waals surface area contributed by atoms with E-state index in [-0.39, 0.29) is 11.9 Å². The van der Waals surface area contributed by atoms with Crippen LogP contribution in [-0.4, -0.2) is 36.7 Å². The fourth-order valence-electron chi connectivity index (χ4n) is 2.35. The first-order chi connectivity index (χ1) is 9.84. The zero-order chi connectivity index (χ0) is 13.8. The molecule has 1 atom stereocenters. The third-order valence-corrected chi connectivity index (χ3v) is 3.41. The van der Waals surface area contributed by atoms with Gasteiger partial charge in [0.2, 0.25) is 5.91 Å². The lowest BCUT2D eigenvalue weighted by molar-refractivity contribution is -0.126. The van der Waals surface area contributed by atoms with Crippen LogP contribution in [-0.2, 0) is 16.1 Å². The molecule has 0 saturated carbocycles. The van der Waals surface area contributed by atoms with Crippen LogP contribution in [0, 0.1) is 0 Å². The molecule has 3 rings (SSSR count). The van der Waals surface area contributed by atoms with Crippen LogP contribution in [0.2, 0.25) is 0 Å². The van der Waals surface area contributed by atoms with Crippen molar-refractivity contribution in [2.24, 2.45) is 0 Å². The molecule has 1 aromatic carbocycles. The maximum atomic E-state index is 12.0. The molecule has 104 valence electrons. The first-order valence-electron chi connectivity index (χ1n) is 6.76. The van der Waals surface area contributed by atoms with Gasteiger partial charge in [0.25, 0.3) is 0 Å². The topological polar surface area (TPSA) is 63.2 Å². The van der Waals surface area contributed by atoms with E-state index >= 15 is 0 Å². The van der Waals surface area contributed by atoms with Crippen LogP contribution in [0.5, 0.6) is 0 Å². The van der Waals surface area contributed by atoms with Gasteiger partial charge in [-0.3, -0.25) is 9.78 Å². The predicted octanol–water partition coefficient (Wildman–Crippen LogP) is 0.839. The number of morpholine rings is 1. The zero-order valence-corrected chi connectivity index (χ0v) is 11.1. The Bertz CT molecular complexity index is 604. The molecule has 5 nitrogen and oxygen atoms in total. The van der Waals surface area contributed by atoms with E-state index in [1.54, 1.807) is 6.20 Å². The van der Waals surface area contributed by atoms with Crippen molar-refractivity contribution in [3.63, 3.8) is 0 Å². The summed E-state index contributed by atoms with van der Waals surface area (Å²) < 4.78 is 5.29. The number of hydrogen-bond acceptors (Lipinski definition) is 4. The number of aromatic nitrogens is 1. The van der Waals surface area contributed by atoms with Crippen molar-refractivity contribution in [2.45, 2.75) is 12.6 Å². The number of carbonyl (C=O) groups excluding carboxylic acids is 1. The number of nitrogens with one attached hydrogen (secondary N) is 2. The Kier molecular flexibility index (Phi) is 3.90. The number of hydrogen-bond donors (Lipinski definition) is 2. The predicted molar refractivity (Wildman–Crippen MR) is 76.2 cm³/mol. The van der Waals surface area contributed by atoms with Gasteiger partial charge in [0, 0.05) is 24.7 Å². The number of nitrogens with zero attached hydrogens (tertiary/aromatic N) is 1. The van der Waals surface area contributed by atoms with E-state index in [1.807, 2.05) is 30.3 Å². The normalized spacial score (nSPS) is 18.9. The summed E-state index contributed by atoms with van der Waals surface area (Å²) in [6.45, 7) is 2.29. The molecule has 2 N–H and O–H groups in total. The second-order valence-corrected chi connectivity index (χ2v) is 4.79. The number of benzene rings is 1. The highest BCUT2D eigenvalue weighted by molar-refractivity contribution is 5.84. The fraction of sp³-hybridized carbons (Fsp3) is 0.333. The van der Waals surface area contributed by atoms with E-state index in [1.165, 1.54) is 0 Å². The molecule has 1 aliphatic heterocycles. The molecule has 1 saturated heterocycles. The Balaban J connectivity index is 1.69. The number of ether oxygens (including phenoxy) is 1. The summed E-state index contributed by atoms with van der Waals surface area (Å²) in [7, 11) is 0. The minimum Gasteiger partial charge on any atom is -0.378 e. The number of para-hydroxylation sites is 1. The molecule has 1 fully saturated rings. The molecule has 0 radical (unpaired) electrons. The maximum Gasteiger partial charge on any atom is 0.239 e. The summed E-state index contributed by atoms with van der Waals surface area (Å²) >= 11 is 0. The van der Waals surface area contributed by atoms with Gasteiger partial charge in [-0.05, 0) is 11.6 Å². The molecule has 1 amide bonds. The van der Waals surface area contributed by atoms with Gasteiger partial charge in [0.05, 0.1) is 18.7 Å². The SMILES string of the molecule is O=C(NCc1cccc2cccnc12)C1COCCN1. The molecule has 1 aliphatic rings. The Morgan fingerprint density at radius 3 is 3.15 bits per heavy atom. The van der Waals surface area contributed by atoms with Gasteiger partial charge in [-0.2, -0.15) is 0 Å². The van der Waals surface area contributed by atoms with Crippen LogP contribution in [0.4, 0.5) is 0 Å². The minimum absolute atomic E-state index is 0.0300. The molecule has 1 aromatic heterocycles. The van der Waals surface area contributed by atoms with Gasteiger partial charge in [-0.1, -0.05) is 24.3 Å². The van der Waals surface area contributed by atoms with Crippen molar-refractivity contribution in [1.29, 1.82) is 0 Å². The van der Waals surface area contributed by atoms with E-state index in [4.69, 9.17) is 4.74 Å². The number of carbonyl (C=O) groups is 1. The van der Waals surface area contributed by atoms with E-state index < -0.39 is 0 Å². The summed E-state index contributed by atoms with van der Waals surface area (Å²) in [6.07, 6.45) is 1.77.